The molecule has 1 aromatic carbocycles. The number of pyridine rings is 1. The van der Waals surface area contributed by atoms with E-state index in [2.05, 4.69) is 76.9 Å². The van der Waals surface area contributed by atoms with E-state index in [0.717, 1.165) is 16.5 Å². The van der Waals surface area contributed by atoms with Crippen LogP contribution in [0.2, 0.25) is 0 Å². The summed E-state index contributed by atoms with van der Waals surface area (Å²) >= 11 is 5.84. The second kappa shape index (κ2) is 6.99. The highest BCUT2D eigenvalue weighted by atomic mass is 32.1. The van der Waals surface area contributed by atoms with E-state index in [0.29, 0.717) is 6.04 Å². The van der Waals surface area contributed by atoms with Gasteiger partial charge in [0, 0.05) is 29.3 Å². The molecule has 4 nitrogen and oxygen atoms in total. The summed E-state index contributed by atoms with van der Waals surface area (Å²) in [5.41, 5.74) is 7.40. The summed E-state index contributed by atoms with van der Waals surface area (Å²) < 4.78 is 2.51. The SMILES string of the molecule is Cc1ccc(N2C(=S)N[C@@H](c3ccccn3)[C@H]2c2cc(C)n(C3CC3)c2C)cc1. The quantitative estimate of drug-likeness (QED) is 0.599. The van der Waals surface area contributed by atoms with Crippen molar-refractivity contribution in [2.45, 2.75) is 51.7 Å². The molecule has 1 N–H and O–H groups in total. The van der Waals surface area contributed by atoms with Crippen molar-refractivity contribution in [2.75, 3.05) is 4.90 Å². The molecular weight excluding hydrogens is 376 g/mol. The fourth-order valence-electron chi connectivity index (χ4n) is 4.65. The minimum Gasteiger partial charge on any atom is -0.351 e. The molecule has 29 heavy (non-hydrogen) atoms. The van der Waals surface area contributed by atoms with Crippen LogP contribution >= 0.6 is 12.2 Å². The first-order valence-electron chi connectivity index (χ1n) is 10.3. The number of aromatic nitrogens is 2. The minimum atomic E-state index is 0.0122. The van der Waals surface area contributed by atoms with Crippen LogP contribution in [0, 0.1) is 20.8 Å². The number of anilines is 1. The van der Waals surface area contributed by atoms with Crippen LogP contribution in [-0.4, -0.2) is 14.7 Å². The predicted octanol–water partition coefficient (Wildman–Crippen LogP) is 5.32. The molecule has 2 fully saturated rings. The fourth-order valence-corrected chi connectivity index (χ4v) is 5.00. The Morgan fingerprint density at radius 2 is 1.79 bits per heavy atom. The molecule has 0 radical (unpaired) electrons. The monoisotopic (exact) mass is 402 g/mol. The number of hydrogen-bond acceptors (Lipinski definition) is 2. The van der Waals surface area contributed by atoms with Gasteiger partial charge in [-0.2, -0.15) is 0 Å². The van der Waals surface area contributed by atoms with Crippen LogP contribution < -0.4 is 10.2 Å². The van der Waals surface area contributed by atoms with Crippen molar-refractivity contribution >= 4 is 23.0 Å². The molecule has 0 unspecified atom stereocenters. The summed E-state index contributed by atoms with van der Waals surface area (Å²) in [6.07, 6.45) is 4.42. The summed E-state index contributed by atoms with van der Waals surface area (Å²) in [6.45, 7) is 6.59. The number of nitrogens with zero attached hydrogens (tertiary/aromatic N) is 3. The molecule has 2 aromatic heterocycles. The summed E-state index contributed by atoms with van der Waals surface area (Å²) in [5, 5.41) is 4.32. The van der Waals surface area contributed by atoms with Gasteiger partial charge in [-0.1, -0.05) is 23.8 Å². The molecule has 5 heteroatoms. The lowest BCUT2D eigenvalue weighted by molar-refractivity contribution is 0.562. The molecule has 3 aromatic rings. The maximum absolute atomic E-state index is 5.84. The highest BCUT2D eigenvalue weighted by molar-refractivity contribution is 7.80. The Bertz CT molecular complexity index is 1050. The Hall–Kier alpha value is -2.66. The molecule has 2 aliphatic rings. The van der Waals surface area contributed by atoms with Crippen LogP contribution in [0.25, 0.3) is 0 Å². The van der Waals surface area contributed by atoms with Crippen LogP contribution in [0.1, 0.15) is 59.2 Å². The van der Waals surface area contributed by atoms with Crippen LogP contribution in [0.15, 0.2) is 54.7 Å². The molecule has 1 aliphatic heterocycles. The van der Waals surface area contributed by atoms with E-state index in [9.17, 15) is 0 Å². The van der Waals surface area contributed by atoms with Crippen molar-refractivity contribution < 1.29 is 0 Å². The van der Waals surface area contributed by atoms with Crippen molar-refractivity contribution in [3.05, 3.63) is 82.9 Å². The Morgan fingerprint density at radius 1 is 1.03 bits per heavy atom. The summed E-state index contributed by atoms with van der Waals surface area (Å²) in [5.74, 6) is 0. The Labute approximate surface area is 177 Å². The zero-order valence-corrected chi connectivity index (χ0v) is 17.9. The van der Waals surface area contributed by atoms with Gasteiger partial charge in [-0.05, 0) is 81.7 Å². The van der Waals surface area contributed by atoms with Gasteiger partial charge >= 0.3 is 0 Å². The van der Waals surface area contributed by atoms with Gasteiger partial charge in [0.25, 0.3) is 0 Å². The van der Waals surface area contributed by atoms with E-state index >= 15 is 0 Å². The molecule has 1 saturated heterocycles. The molecule has 148 valence electrons. The van der Waals surface area contributed by atoms with E-state index in [1.165, 1.54) is 35.4 Å². The lowest BCUT2D eigenvalue weighted by atomic mass is 9.96. The van der Waals surface area contributed by atoms with E-state index in [1.807, 2.05) is 18.3 Å². The minimum absolute atomic E-state index is 0.0122. The Morgan fingerprint density at radius 3 is 2.45 bits per heavy atom. The van der Waals surface area contributed by atoms with Gasteiger partial charge in [-0.25, -0.2) is 0 Å². The average Bonchev–Trinajstić information content (AvgIpc) is 3.43. The third-order valence-electron chi connectivity index (χ3n) is 6.16. The van der Waals surface area contributed by atoms with Gasteiger partial charge in [0.15, 0.2) is 5.11 Å². The zero-order chi connectivity index (χ0) is 20.1. The van der Waals surface area contributed by atoms with E-state index in [-0.39, 0.29) is 12.1 Å². The van der Waals surface area contributed by atoms with Crippen molar-refractivity contribution in [3.63, 3.8) is 0 Å². The van der Waals surface area contributed by atoms with Crippen molar-refractivity contribution in [1.29, 1.82) is 0 Å². The number of rotatable bonds is 4. The normalized spacial score (nSPS) is 21.5. The molecule has 1 aliphatic carbocycles. The van der Waals surface area contributed by atoms with Crippen LogP contribution in [0.3, 0.4) is 0 Å². The van der Waals surface area contributed by atoms with E-state index in [1.54, 1.807) is 0 Å². The average molecular weight is 403 g/mol. The number of thiocarbonyl (C=S) groups is 1. The van der Waals surface area contributed by atoms with Gasteiger partial charge in [0.1, 0.15) is 0 Å². The van der Waals surface area contributed by atoms with E-state index in [4.69, 9.17) is 12.2 Å². The zero-order valence-electron chi connectivity index (χ0n) is 17.1. The van der Waals surface area contributed by atoms with Gasteiger partial charge < -0.3 is 14.8 Å². The number of benzene rings is 1. The Kier molecular flexibility index (Phi) is 4.43. The van der Waals surface area contributed by atoms with Crippen molar-refractivity contribution in [2.24, 2.45) is 0 Å². The molecule has 1 saturated carbocycles. The van der Waals surface area contributed by atoms with Crippen molar-refractivity contribution in [1.82, 2.24) is 14.9 Å². The maximum Gasteiger partial charge on any atom is 0.174 e. The molecule has 5 rings (SSSR count). The highest BCUT2D eigenvalue weighted by Gasteiger charge is 2.42. The standard InChI is InChI=1S/C24H26N4S/c1-15-7-9-19(10-8-15)28-23(20-14-16(2)27(17(20)3)18-11-12-18)22(26-24(28)29)21-6-4-5-13-25-21/h4-10,13-14,18,22-23H,11-12H2,1-3H3,(H,26,29)/t22-,23+/m0/s1. The largest absolute Gasteiger partial charge is 0.351 e. The van der Waals surface area contributed by atoms with Gasteiger partial charge in [0.05, 0.1) is 17.8 Å². The van der Waals surface area contributed by atoms with Crippen molar-refractivity contribution in [3.8, 4) is 0 Å². The number of hydrogen-bond donors (Lipinski definition) is 1. The molecule has 0 amide bonds. The summed E-state index contributed by atoms with van der Waals surface area (Å²) in [7, 11) is 0. The highest BCUT2D eigenvalue weighted by Crippen LogP contribution is 2.46. The third-order valence-corrected chi connectivity index (χ3v) is 6.48. The predicted molar refractivity (Wildman–Crippen MR) is 121 cm³/mol. The van der Waals surface area contributed by atoms with Crippen LogP contribution in [-0.2, 0) is 0 Å². The van der Waals surface area contributed by atoms with Gasteiger partial charge in [0.2, 0.25) is 0 Å². The second-order valence-electron chi connectivity index (χ2n) is 8.26. The van der Waals surface area contributed by atoms with Crippen LogP contribution in [0.5, 0.6) is 0 Å². The first-order chi connectivity index (χ1) is 14.0. The molecule has 2 atom stereocenters. The summed E-state index contributed by atoms with van der Waals surface area (Å²) in [6, 6.07) is 17.8. The molecular formula is C24H26N4S. The fraction of sp³-hybridized carbons (Fsp3) is 0.333. The first-order valence-corrected chi connectivity index (χ1v) is 10.7. The second-order valence-corrected chi connectivity index (χ2v) is 8.65. The van der Waals surface area contributed by atoms with Gasteiger partial charge in [-0.3, -0.25) is 4.98 Å². The first kappa shape index (κ1) is 18.4. The Balaban J connectivity index is 1.66. The molecule has 0 spiro atoms. The third kappa shape index (κ3) is 3.14. The smallest absolute Gasteiger partial charge is 0.174 e. The van der Waals surface area contributed by atoms with Crippen LogP contribution in [0.4, 0.5) is 5.69 Å². The molecule has 3 heterocycles. The molecule has 0 bridgehead atoms. The summed E-state index contributed by atoms with van der Waals surface area (Å²) in [4.78, 5) is 6.93. The lowest BCUT2D eigenvalue weighted by Crippen LogP contribution is -2.29. The van der Waals surface area contributed by atoms with Gasteiger partial charge in [-0.15, -0.1) is 0 Å². The number of nitrogens with one attached hydrogen (secondary N) is 1. The lowest BCUT2D eigenvalue weighted by Gasteiger charge is -2.28. The topological polar surface area (TPSA) is 33.1 Å². The maximum atomic E-state index is 5.84. The number of aryl methyl sites for hydroxylation is 2. The van der Waals surface area contributed by atoms with E-state index < -0.39 is 0 Å².